The van der Waals surface area contributed by atoms with E-state index in [-0.39, 0.29) is 11.5 Å². The van der Waals surface area contributed by atoms with Gasteiger partial charge in [0, 0.05) is 5.92 Å². The molecule has 4 aliphatic carbocycles. The number of hydrogen-bond donors (Lipinski definition) is 1. The number of rotatable bonds is 1. The Hall–Kier alpha value is -0.370. The predicted octanol–water partition coefficient (Wildman–Crippen LogP) is 4.60. The van der Waals surface area contributed by atoms with Gasteiger partial charge in [0.05, 0.1) is 6.10 Å². The molecule has 4 aliphatic rings. The molecule has 0 unspecified atom stereocenters. The Morgan fingerprint density at radius 3 is 2.35 bits per heavy atom. The van der Waals surface area contributed by atoms with Crippen LogP contribution in [0.4, 0.5) is 0 Å². The number of ketones is 1. The average molecular weight is 319 g/mol. The van der Waals surface area contributed by atoms with Crippen molar-refractivity contribution in [1.29, 1.82) is 0 Å². The highest BCUT2D eigenvalue weighted by Crippen LogP contribution is 2.67. The molecule has 0 aromatic heterocycles. The molecule has 4 rings (SSSR count). The van der Waals surface area contributed by atoms with E-state index in [1.807, 2.05) is 6.92 Å². The van der Waals surface area contributed by atoms with Gasteiger partial charge in [0.1, 0.15) is 5.78 Å². The van der Waals surface area contributed by atoms with Crippen molar-refractivity contribution in [2.24, 2.45) is 40.4 Å². The first-order chi connectivity index (χ1) is 10.9. The molecule has 8 atom stereocenters. The highest BCUT2D eigenvalue weighted by Gasteiger charge is 2.60. The number of fused-ring (bicyclic) bond motifs is 5. The van der Waals surface area contributed by atoms with Crippen LogP contribution in [-0.2, 0) is 4.79 Å². The summed E-state index contributed by atoms with van der Waals surface area (Å²) in [7, 11) is 0. The molecule has 2 heteroatoms. The second kappa shape index (κ2) is 5.31. The molecule has 0 aromatic carbocycles. The summed E-state index contributed by atoms with van der Waals surface area (Å²) in [6, 6.07) is 0. The fourth-order valence-electron chi connectivity index (χ4n) is 7.90. The van der Waals surface area contributed by atoms with E-state index in [9.17, 15) is 9.90 Å². The Bertz CT molecular complexity index is 500. The van der Waals surface area contributed by atoms with E-state index in [4.69, 9.17) is 0 Å². The van der Waals surface area contributed by atoms with Gasteiger partial charge in [-0.15, -0.1) is 0 Å². The van der Waals surface area contributed by atoms with Gasteiger partial charge in [-0.2, -0.15) is 0 Å². The third-order valence-corrected chi connectivity index (χ3v) is 9.13. The molecule has 0 spiro atoms. The summed E-state index contributed by atoms with van der Waals surface area (Å²) < 4.78 is 0. The summed E-state index contributed by atoms with van der Waals surface area (Å²) >= 11 is 0. The average Bonchev–Trinajstić information content (AvgIpc) is 2.85. The molecule has 0 heterocycles. The van der Waals surface area contributed by atoms with Crippen molar-refractivity contribution in [3.63, 3.8) is 0 Å². The van der Waals surface area contributed by atoms with E-state index < -0.39 is 0 Å². The van der Waals surface area contributed by atoms with E-state index in [2.05, 4.69) is 13.8 Å². The molecule has 130 valence electrons. The van der Waals surface area contributed by atoms with Crippen LogP contribution in [0.25, 0.3) is 0 Å². The lowest BCUT2D eigenvalue weighted by Crippen LogP contribution is -2.54. The van der Waals surface area contributed by atoms with E-state index in [1.165, 1.54) is 38.5 Å². The maximum Gasteiger partial charge on any atom is 0.133 e. The Morgan fingerprint density at radius 2 is 1.61 bits per heavy atom. The molecule has 0 radical (unpaired) electrons. The van der Waals surface area contributed by atoms with Gasteiger partial charge in [-0.25, -0.2) is 0 Å². The molecule has 23 heavy (non-hydrogen) atoms. The van der Waals surface area contributed by atoms with Crippen LogP contribution in [0.1, 0.15) is 78.6 Å². The second-order valence-electron chi connectivity index (χ2n) is 9.87. The van der Waals surface area contributed by atoms with Crippen LogP contribution in [0, 0.1) is 40.4 Å². The lowest BCUT2D eigenvalue weighted by Gasteiger charge is -2.60. The van der Waals surface area contributed by atoms with Gasteiger partial charge in [-0.05, 0) is 99.2 Å². The Morgan fingerprint density at radius 1 is 0.913 bits per heavy atom. The van der Waals surface area contributed by atoms with Crippen molar-refractivity contribution in [1.82, 2.24) is 0 Å². The zero-order chi connectivity index (χ0) is 16.4. The molecule has 1 N–H and O–H groups in total. The zero-order valence-corrected chi connectivity index (χ0v) is 15.2. The molecule has 0 aromatic rings. The van der Waals surface area contributed by atoms with Gasteiger partial charge >= 0.3 is 0 Å². The van der Waals surface area contributed by atoms with Gasteiger partial charge in [-0.3, -0.25) is 4.79 Å². The van der Waals surface area contributed by atoms with Gasteiger partial charge in [-0.1, -0.05) is 13.8 Å². The van der Waals surface area contributed by atoms with Crippen LogP contribution in [0.5, 0.6) is 0 Å². The first-order valence-corrected chi connectivity index (χ1v) is 10.0. The SMILES string of the molecule is CC(=O)[C@H]1CC[C@H]2[C@@H]3CC[C@H]4C[C@H](O)CC[C@]4(C)[C@@H]3CC[C@]12C. The normalized spacial score (nSPS) is 55.7. The van der Waals surface area contributed by atoms with E-state index in [0.717, 1.165) is 42.9 Å². The number of carbonyl (C=O) groups is 1. The van der Waals surface area contributed by atoms with Gasteiger partial charge in [0.15, 0.2) is 0 Å². The lowest BCUT2D eigenvalue weighted by molar-refractivity contribution is -0.138. The highest BCUT2D eigenvalue weighted by atomic mass is 16.3. The maximum absolute atomic E-state index is 12.2. The Labute approximate surface area is 141 Å². The molecule has 4 saturated carbocycles. The third-order valence-electron chi connectivity index (χ3n) is 9.13. The molecule has 0 amide bonds. The maximum atomic E-state index is 12.2. The third kappa shape index (κ3) is 2.19. The number of aliphatic hydroxyl groups excluding tert-OH is 1. The summed E-state index contributed by atoms with van der Waals surface area (Å²) in [5.74, 6) is 3.97. The Balaban J connectivity index is 1.61. The van der Waals surface area contributed by atoms with E-state index in [0.29, 0.717) is 17.1 Å². The van der Waals surface area contributed by atoms with Crippen LogP contribution in [0.15, 0.2) is 0 Å². The standard InChI is InChI=1S/C21H34O2/c1-13(22)17-6-7-18-16-5-4-14-12-15(23)8-10-20(14,2)19(16)9-11-21(17,18)3/h14-19,23H,4-12H2,1-3H3/t14-,15+,16-,17+,18-,19+,20-,21+/m0/s1. The van der Waals surface area contributed by atoms with E-state index >= 15 is 0 Å². The topological polar surface area (TPSA) is 37.3 Å². The minimum atomic E-state index is -0.0490. The summed E-state index contributed by atoms with van der Waals surface area (Å²) in [5, 5.41) is 10.1. The first-order valence-electron chi connectivity index (χ1n) is 10.0. The quantitative estimate of drug-likeness (QED) is 0.767. The molecular formula is C21H34O2. The molecule has 0 aliphatic heterocycles. The van der Waals surface area contributed by atoms with Gasteiger partial charge in [0.25, 0.3) is 0 Å². The second-order valence-corrected chi connectivity index (χ2v) is 9.87. The van der Waals surface area contributed by atoms with Crippen molar-refractivity contribution < 1.29 is 9.90 Å². The van der Waals surface area contributed by atoms with Crippen LogP contribution < -0.4 is 0 Å². The minimum Gasteiger partial charge on any atom is -0.393 e. The van der Waals surface area contributed by atoms with Crippen LogP contribution in [0.3, 0.4) is 0 Å². The van der Waals surface area contributed by atoms with Gasteiger partial charge < -0.3 is 5.11 Å². The fourth-order valence-corrected chi connectivity index (χ4v) is 7.90. The largest absolute Gasteiger partial charge is 0.393 e. The van der Waals surface area contributed by atoms with Crippen molar-refractivity contribution in [2.45, 2.75) is 84.7 Å². The molecule has 0 saturated heterocycles. The van der Waals surface area contributed by atoms with Crippen molar-refractivity contribution in [3.8, 4) is 0 Å². The summed E-state index contributed by atoms with van der Waals surface area (Å²) in [4.78, 5) is 12.2. The summed E-state index contributed by atoms with van der Waals surface area (Å²) in [6.45, 7) is 6.80. The van der Waals surface area contributed by atoms with Crippen LogP contribution >= 0.6 is 0 Å². The predicted molar refractivity (Wildman–Crippen MR) is 91.9 cm³/mol. The number of carbonyl (C=O) groups excluding carboxylic acids is 1. The van der Waals surface area contributed by atoms with E-state index in [1.54, 1.807) is 0 Å². The summed E-state index contributed by atoms with van der Waals surface area (Å²) in [6.07, 6.45) is 10.9. The fraction of sp³-hybridized carbons (Fsp3) is 0.952. The van der Waals surface area contributed by atoms with Crippen LogP contribution in [0.2, 0.25) is 0 Å². The van der Waals surface area contributed by atoms with Crippen molar-refractivity contribution in [3.05, 3.63) is 0 Å². The van der Waals surface area contributed by atoms with Crippen molar-refractivity contribution >= 4 is 5.78 Å². The molecule has 0 bridgehead atoms. The van der Waals surface area contributed by atoms with Gasteiger partial charge in [0.2, 0.25) is 0 Å². The molecule has 2 nitrogen and oxygen atoms in total. The Kier molecular flexibility index (Phi) is 3.72. The number of hydrogen-bond acceptors (Lipinski definition) is 2. The molecule has 4 fully saturated rings. The van der Waals surface area contributed by atoms with Crippen molar-refractivity contribution in [2.75, 3.05) is 0 Å². The smallest absolute Gasteiger partial charge is 0.133 e. The lowest BCUT2D eigenvalue weighted by atomic mass is 9.44. The zero-order valence-electron chi connectivity index (χ0n) is 15.2. The molecular weight excluding hydrogens is 284 g/mol. The summed E-state index contributed by atoms with van der Waals surface area (Å²) in [5.41, 5.74) is 0.738. The minimum absolute atomic E-state index is 0.0490. The number of Topliss-reactive ketones (excluding diaryl/α,β-unsaturated/α-hetero) is 1. The number of aliphatic hydroxyl groups is 1. The first kappa shape index (κ1) is 16.1. The van der Waals surface area contributed by atoms with Crippen LogP contribution in [-0.4, -0.2) is 17.0 Å². The highest BCUT2D eigenvalue weighted by molar-refractivity contribution is 5.79. The monoisotopic (exact) mass is 318 g/mol.